The Morgan fingerprint density at radius 1 is 1.00 bits per heavy atom. The van der Waals surface area contributed by atoms with Gasteiger partial charge in [-0.1, -0.05) is 25.3 Å². The average molecular weight is 677 g/mol. The van der Waals surface area contributed by atoms with Crippen molar-refractivity contribution in [2.75, 3.05) is 38.8 Å². The normalized spacial score (nSPS) is 21.3. The molecule has 3 aliphatic rings. The second-order valence-corrected chi connectivity index (χ2v) is 14.4. The van der Waals surface area contributed by atoms with Crippen molar-refractivity contribution in [3.05, 3.63) is 59.5 Å². The average Bonchev–Trinajstić information content (AvgIpc) is 3.07. The van der Waals surface area contributed by atoms with Gasteiger partial charge in [-0.25, -0.2) is 14.0 Å². The molecule has 11 nitrogen and oxygen atoms in total. The van der Waals surface area contributed by atoms with Crippen LogP contribution in [0.3, 0.4) is 0 Å². The van der Waals surface area contributed by atoms with E-state index in [0.717, 1.165) is 24.2 Å². The number of urea groups is 1. The molecule has 1 aliphatic carbocycles. The molecule has 0 radical (unpaired) electrons. The lowest BCUT2D eigenvalue weighted by atomic mass is 9.58. The van der Waals surface area contributed by atoms with Gasteiger partial charge in [-0.3, -0.25) is 19.6 Å². The summed E-state index contributed by atoms with van der Waals surface area (Å²) in [5, 5.41) is 12.7. The Bertz CT molecular complexity index is 1770. The zero-order valence-corrected chi connectivity index (χ0v) is 28.9. The van der Waals surface area contributed by atoms with E-state index in [2.05, 4.69) is 4.98 Å². The molecule has 1 N–H and O–H groups in total. The Morgan fingerprint density at radius 3 is 2.45 bits per heavy atom. The summed E-state index contributed by atoms with van der Waals surface area (Å²) in [5.41, 5.74) is -1.46. The predicted octanol–water partition coefficient (Wildman–Crippen LogP) is 6.53. The molecule has 1 aromatic heterocycles. The third-order valence-corrected chi connectivity index (χ3v) is 10.3. The number of amides is 4. The van der Waals surface area contributed by atoms with Crippen LogP contribution in [0.25, 0.3) is 10.9 Å². The molecular weight excluding hydrogens is 631 g/mol. The zero-order valence-electron chi connectivity index (χ0n) is 28.9. The molecule has 1 spiro atoms. The summed E-state index contributed by atoms with van der Waals surface area (Å²) in [6, 6.07) is 9.47. The molecular formula is C37H45FN4O7. The number of pyridine rings is 1. The third kappa shape index (κ3) is 6.38. The van der Waals surface area contributed by atoms with Gasteiger partial charge in [0.25, 0.3) is 0 Å². The highest BCUT2D eigenvalue weighted by atomic mass is 19.1. The monoisotopic (exact) mass is 676 g/mol. The van der Waals surface area contributed by atoms with E-state index in [9.17, 15) is 19.5 Å². The number of hydrogen-bond donors (Lipinski definition) is 1. The van der Waals surface area contributed by atoms with Gasteiger partial charge in [-0.05, 0) is 64.3 Å². The molecule has 3 heterocycles. The van der Waals surface area contributed by atoms with Gasteiger partial charge in [-0.2, -0.15) is 0 Å². The molecule has 6 rings (SSSR count). The number of hydrogen-bond acceptors (Lipinski definition) is 8. The number of likely N-dealkylation sites (tertiary alicyclic amines) is 1. The number of carbonyl (C=O) groups excluding carboxylic acids is 3. The highest BCUT2D eigenvalue weighted by Gasteiger charge is 2.56. The molecule has 49 heavy (non-hydrogen) atoms. The van der Waals surface area contributed by atoms with Crippen LogP contribution in [0.2, 0.25) is 0 Å². The van der Waals surface area contributed by atoms with Crippen molar-refractivity contribution >= 4 is 34.6 Å². The highest BCUT2D eigenvalue weighted by Crippen LogP contribution is 2.55. The van der Waals surface area contributed by atoms with Gasteiger partial charge in [0.15, 0.2) is 0 Å². The number of aromatic nitrogens is 1. The number of nitrogens with zero attached hydrogens (tertiary/aromatic N) is 4. The van der Waals surface area contributed by atoms with Gasteiger partial charge < -0.3 is 24.2 Å². The molecule has 2 aliphatic heterocycles. The molecule has 0 bridgehead atoms. The number of benzene rings is 2. The summed E-state index contributed by atoms with van der Waals surface area (Å²) in [4.78, 5) is 48.6. The molecule has 12 heteroatoms. The minimum Gasteiger partial charge on any atom is -0.497 e. The van der Waals surface area contributed by atoms with E-state index in [4.69, 9.17) is 14.2 Å². The van der Waals surface area contributed by atoms with Gasteiger partial charge in [0.05, 0.1) is 38.2 Å². The number of halogens is 1. The molecule has 4 amide bonds. The van der Waals surface area contributed by atoms with E-state index in [-0.39, 0.29) is 55.9 Å². The fourth-order valence-electron chi connectivity index (χ4n) is 7.70. The number of imide groups is 1. The van der Waals surface area contributed by atoms with E-state index in [1.807, 2.05) is 20.8 Å². The number of anilines is 1. The number of fused-ring (bicyclic) bond motifs is 1. The minimum atomic E-state index is -1.54. The number of piperidine rings is 1. The van der Waals surface area contributed by atoms with Crippen molar-refractivity contribution in [1.29, 1.82) is 0 Å². The van der Waals surface area contributed by atoms with Crippen LogP contribution in [0.5, 0.6) is 11.5 Å². The van der Waals surface area contributed by atoms with Crippen molar-refractivity contribution in [2.24, 2.45) is 5.41 Å². The first-order valence-electron chi connectivity index (χ1n) is 16.9. The second kappa shape index (κ2) is 13.1. The van der Waals surface area contributed by atoms with Gasteiger partial charge in [-0.15, -0.1) is 0 Å². The fourth-order valence-corrected chi connectivity index (χ4v) is 7.70. The molecule has 1 saturated carbocycles. The first kappa shape index (κ1) is 34.4. The van der Waals surface area contributed by atoms with E-state index in [0.29, 0.717) is 41.1 Å². The molecule has 2 saturated heterocycles. The molecule has 1 atom stereocenters. The first-order chi connectivity index (χ1) is 23.3. The lowest BCUT2D eigenvalue weighted by molar-refractivity contribution is -0.156. The first-order valence-corrected chi connectivity index (χ1v) is 16.9. The van der Waals surface area contributed by atoms with Crippen LogP contribution in [0, 0.1) is 11.2 Å². The number of aliphatic hydroxyl groups is 1. The summed E-state index contributed by atoms with van der Waals surface area (Å²) >= 11 is 0. The van der Waals surface area contributed by atoms with Crippen molar-refractivity contribution in [2.45, 2.75) is 83.5 Å². The van der Waals surface area contributed by atoms with Crippen LogP contribution in [0.15, 0.2) is 42.6 Å². The SMILES string of the molecule is COc1ccc(CN2C(=O)CCN(c3cnc4ccc(C5(O)CCN(C(=O)OC(C)(C)C)CC56CCCCC6)c(F)c4c3)C2=O)c(OC)c1. The van der Waals surface area contributed by atoms with E-state index < -0.39 is 34.6 Å². The number of rotatable bonds is 6. The summed E-state index contributed by atoms with van der Waals surface area (Å²) in [5.74, 6) is 0.115. The van der Waals surface area contributed by atoms with E-state index >= 15 is 4.39 Å². The number of ether oxygens (including phenoxy) is 3. The minimum absolute atomic E-state index is 0.0176. The Kier molecular flexibility index (Phi) is 9.21. The van der Waals surface area contributed by atoms with Crippen LogP contribution >= 0.6 is 0 Å². The second-order valence-electron chi connectivity index (χ2n) is 14.4. The van der Waals surface area contributed by atoms with Gasteiger partial charge in [0.2, 0.25) is 5.91 Å². The van der Waals surface area contributed by atoms with Crippen LogP contribution in [0.1, 0.15) is 76.8 Å². The summed E-state index contributed by atoms with van der Waals surface area (Å²) in [6.45, 7) is 6.03. The van der Waals surface area contributed by atoms with E-state index in [1.165, 1.54) is 25.3 Å². The number of methoxy groups -OCH3 is 2. The van der Waals surface area contributed by atoms with Crippen molar-refractivity contribution in [3.63, 3.8) is 0 Å². The maximum absolute atomic E-state index is 16.8. The molecule has 3 fully saturated rings. The molecule has 262 valence electrons. The van der Waals surface area contributed by atoms with Gasteiger partial charge in [0, 0.05) is 54.0 Å². The topological polar surface area (TPSA) is 122 Å². The Morgan fingerprint density at radius 2 is 1.76 bits per heavy atom. The lowest BCUT2D eigenvalue weighted by Crippen LogP contribution is -2.60. The quantitative estimate of drug-likeness (QED) is 0.313. The van der Waals surface area contributed by atoms with Crippen LogP contribution in [0.4, 0.5) is 19.7 Å². The van der Waals surface area contributed by atoms with Crippen LogP contribution in [-0.4, -0.2) is 77.4 Å². The highest BCUT2D eigenvalue weighted by molar-refractivity contribution is 6.06. The molecule has 1 unspecified atom stereocenters. The Hall–Kier alpha value is -4.45. The summed E-state index contributed by atoms with van der Waals surface area (Å²) < 4.78 is 33.3. The van der Waals surface area contributed by atoms with E-state index in [1.54, 1.807) is 41.3 Å². The summed E-state index contributed by atoms with van der Waals surface area (Å²) in [6.07, 6.45) is 5.30. The van der Waals surface area contributed by atoms with Gasteiger partial charge in [0.1, 0.15) is 28.5 Å². The third-order valence-electron chi connectivity index (χ3n) is 10.3. The number of carbonyl (C=O) groups is 3. The van der Waals surface area contributed by atoms with Crippen LogP contribution < -0.4 is 14.4 Å². The maximum Gasteiger partial charge on any atom is 0.410 e. The maximum atomic E-state index is 16.8. The molecule has 3 aromatic rings. The lowest BCUT2D eigenvalue weighted by Gasteiger charge is -2.55. The molecule has 2 aromatic carbocycles. The summed E-state index contributed by atoms with van der Waals surface area (Å²) in [7, 11) is 3.04. The van der Waals surface area contributed by atoms with Crippen molar-refractivity contribution in [1.82, 2.24) is 14.8 Å². The standard InChI is InChI=1S/C37H45FN4O7/c1-35(2,3)49-34(45)40-18-16-37(46,36(23-40)14-7-6-8-15-36)28-11-12-29-27(32(28)38)19-25(21-39-29)41-17-13-31(43)42(33(41)44)22-24-9-10-26(47-4)20-30(24)48-5/h9-12,19-21,46H,6-8,13-18,22-23H2,1-5H3. The smallest absolute Gasteiger partial charge is 0.410 e. The fraction of sp³-hybridized carbons (Fsp3) is 0.514. The largest absolute Gasteiger partial charge is 0.497 e. The predicted molar refractivity (Wildman–Crippen MR) is 181 cm³/mol. The zero-order chi connectivity index (χ0) is 35.1. The van der Waals surface area contributed by atoms with Crippen molar-refractivity contribution in [3.8, 4) is 11.5 Å². The Balaban J connectivity index is 1.32. The Labute approximate surface area is 285 Å². The van der Waals surface area contributed by atoms with Crippen LogP contribution in [-0.2, 0) is 21.7 Å². The van der Waals surface area contributed by atoms with Gasteiger partial charge >= 0.3 is 12.1 Å². The van der Waals surface area contributed by atoms with Crippen molar-refractivity contribution < 1.29 is 38.1 Å².